The maximum absolute atomic E-state index is 12.4. The first-order chi connectivity index (χ1) is 14.0. The van der Waals surface area contributed by atoms with Gasteiger partial charge in [-0.05, 0) is 24.3 Å². The smallest absolute Gasteiger partial charge is 0.243 e. The van der Waals surface area contributed by atoms with E-state index in [0.29, 0.717) is 28.2 Å². The summed E-state index contributed by atoms with van der Waals surface area (Å²) in [5, 5.41) is 11.5. The minimum Gasteiger partial charge on any atom is -0.497 e. The molecule has 1 N–H and O–H groups in total. The van der Waals surface area contributed by atoms with Crippen LogP contribution >= 0.6 is 11.8 Å². The van der Waals surface area contributed by atoms with Crippen LogP contribution in [0.15, 0.2) is 52.2 Å². The van der Waals surface area contributed by atoms with Gasteiger partial charge in [-0.15, -0.1) is 10.2 Å². The summed E-state index contributed by atoms with van der Waals surface area (Å²) in [5.74, 6) is 1.46. The van der Waals surface area contributed by atoms with Gasteiger partial charge in [0.05, 0.1) is 25.7 Å². The SMILES string of the molecule is COc1cccc(NC(=O)CN(C)C(=O)CSc2nnc(-c3ccco3)n2C)c1. The van der Waals surface area contributed by atoms with Crippen molar-refractivity contribution in [3.05, 3.63) is 42.7 Å². The number of ether oxygens (including phenoxy) is 1. The van der Waals surface area contributed by atoms with Crippen molar-refractivity contribution in [2.75, 3.05) is 31.8 Å². The first kappa shape index (κ1) is 20.5. The second-order valence-corrected chi connectivity index (χ2v) is 7.10. The zero-order chi connectivity index (χ0) is 20.8. The van der Waals surface area contributed by atoms with Crippen LogP contribution in [-0.4, -0.2) is 57.9 Å². The highest BCUT2D eigenvalue weighted by atomic mass is 32.2. The van der Waals surface area contributed by atoms with E-state index in [9.17, 15) is 9.59 Å². The fourth-order valence-electron chi connectivity index (χ4n) is 2.50. The van der Waals surface area contributed by atoms with Crippen molar-refractivity contribution in [1.29, 1.82) is 0 Å². The number of methoxy groups -OCH3 is 1. The van der Waals surface area contributed by atoms with Crippen LogP contribution in [0.5, 0.6) is 5.75 Å². The van der Waals surface area contributed by atoms with Crippen molar-refractivity contribution in [2.24, 2.45) is 7.05 Å². The van der Waals surface area contributed by atoms with Crippen LogP contribution in [0.2, 0.25) is 0 Å². The van der Waals surface area contributed by atoms with E-state index in [2.05, 4.69) is 15.5 Å². The first-order valence-corrected chi connectivity index (χ1v) is 9.70. The Hall–Kier alpha value is -3.27. The van der Waals surface area contributed by atoms with Crippen LogP contribution in [-0.2, 0) is 16.6 Å². The molecule has 0 atom stereocenters. The van der Waals surface area contributed by atoms with Crippen LogP contribution in [0.1, 0.15) is 0 Å². The minimum absolute atomic E-state index is 0.0624. The second-order valence-electron chi connectivity index (χ2n) is 6.16. The third kappa shape index (κ3) is 5.17. The van der Waals surface area contributed by atoms with Crippen molar-refractivity contribution in [1.82, 2.24) is 19.7 Å². The highest BCUT2D eigenvalue weighted by Gasteiger charge is 2.17. The lowest BCUT2D eigenvalue weighted by Crippen LogP contribution is -2.36. The maximum atomic E-state index is 12.4. The van der Waals surface area contributed by atoms with Gasteiger partial charge in [-0.3, -0.25) is 9.59 Å². The van der Waals surface area contributed by atoms with Crippen LogP contribution in [0.4, 0.5) is 5.69 Å². The second kappa shape index (κ2) is 9.28. The van der Waals surface area contributed by atoms with Crippen molar-refractivity contribution >= 4 is 29.3 Å². The van der Waals surface area contributed by atoms with Crippen molar-refractivity contribution in [3.63, 3.8) is 0 Å². The summed E-state index contributed by atoms with van der Waals surface area (Å²) in [7, 11) is 4.94. The first-order valence-electron chi connectivity index (χ1n) is 8.72. The number of carbonyl (C=O) groups is 2. The number of hydrogen-bond acceptors (Lipinski definition) is 7. The zero-order valence-electron chi connectivity index (χ0n) is 16.3. The predicted molar refractivity (Wildman–Crippen MR) is 109 cm³/mol. The van der Waals surface area contributed by atoms with Gasteiger partial charge in [-0.2, -0.15) is 0 Å². The number of aromatic nitrogens is 3. The number of carbonyl (C=O) groups excluding carboxylic acids is 2. The molecule has 9 nitrogen and oxygen atoms in total. The van der Waals surface area contributed by atoms with E-state index in [0.717, 1.165) is 0 Å². The molecule has 0 aliphatic carbocycles. The van der Waals surface area contributed by atoms with E-state index in [-0.39, 0.29) is 24.1 Å². The fourth-order valence-corrected chi connectivity index (χ4v) is 3.35. The van der Waals surface area contributed by atoms with Gasteiger partial charge in [-0.25, -0.2) is 0 Å². The number of benzene rings is 1. The quantitative estimate of drug-likeness (QED) is 0.563. The Morgan fingerprint density at radius 1 is 1.28 bits per heavy atom. The molecular weight excluding hydrogens is 394 g/mol. The Labute approximate surface area is 172 Å². The molecule has 152 valence electrons. The number of anilines is 1. The van der Waals surface area contributed by atoms with E-state index in [1.807, 2.05) is 0 Å². The number of rotatable bonds is 8. The molecule has 0 spiro atoms. The normalized spacial score (nSPS) is 10.6. The molecular formula is C19H21N5O4S. The van der Waals surface area contributed by atoms with Gasteiger partial charge in [0.2, 0.25) is 11.8 Å². The molecule has 0 aliphatic rings. The van der Waals surface area contributed by atoms with E-state index in [4.69, 9.17) is 9.15 Å². The summed E-state index contributed by atoms with van der Waals surface area (Å²) in [6, 6.07) is 10.6. The Kier molecular flexibility index (Phi) is 6.55. The molecule has 2 aromatic heterocycles. The predicted octanol–water partition coefficient (Wildman–Crippen LogP) is 2.27. The highest BCUT2D eigenvalue weighted by Crippen LogP contribution is 2.23. The van der Waals surface area contributed by atoms with Crippen LogP contribution in [0.25, 0.3) is 11.6 Å². The van der Waals surface area contributed by atoms with Gasteiger partial charge >= 0.3 is 0 Å². The van der Waals surface area contributed by atoms with Gasteiger partial charge < -0.3 is 23.9 Å². The molecule has 29 heavy (non-hydrogen) atoms. The molecule has 1 aromatic carbocycles. The number of nitrogens with one attached hydrogen (secondary N) is 1. The van der Waals surface area contributed by atoms with Gasteiger partial charge in [-0.1, -0.05) is 17.8 Å². The van der Waals surface area contributed by atoms with Crippen molar-refractivity contribution < 1.29 is 18.7 Å². The average molecular weight is 415 g/mol. The molecule has 0 fully saturated rings. The molecule has 0 aliphatic heterocycles. The lowest BCUT2D eigenvalue weighted by atomic mass is 10.3. The number of amides is 2. The summed E-state index contributed by atoms with van der Waals surface area (Å²) in [6.07, 6.45) is 1.56. The molecule has 3 rings (SSSR count). The maximum Gasteiger partial charge on any atom is 0.243 e. The lowest BCUT2D eigenvalue weighted by molar-refractivity contribution is -0.131. The van der Waals surface area contributed by atoms with Gasteiger partial charge in [0, 0.05) is 25.8 Å². The summed E-state index contributed by atoms with van der Waals surface area (Å²) in [6.45, 7) is -0.0624. The Balaban J connectivity index is 1.51. The largest absolute Gasteiger partial charge is 0.497 e. The van der Waals surface area contributed by atoms with E-state index >= 15 is 0 Å². The molecule has 0 saturated heterocycles. The molecule has 0 radical (unpaired) electrons. The minimum atomic E-state index is -0.294. The summed E-state index contributed by atoms with van der Waals surface area (Å²) < 4.78 is 12.2. The lowest BCUT2D eigenvalue weighted by Gasteiger charge is -2.16. The molecule has 2 amide bonds. The van der Waals surface area contributed by atoms with E-state index in [1.54, 1.807) is 68.4 Å². The van der Waals surface area contributed by atoms with Gasteiger partial charge in [0.25, 0.3) is 0 Å². The fraction of sp³-hybridized carbons (Fsp3) is 0.263. The Morgan fingerprint density at radius 2 is 2.10 bits per heavy atom. The zero-order valence-corrected chi connectivity index (χ0v) is 17.1. The van der Waals surface area contributed by atoms with Crippen molar-refractivity contribution in [3.8, 4) is 17.3 Å². The van der Waals surface area contributed by atoms with Crippen LogP contribution in [0, 0.1) is 0 Å². The third-order valence-corrected chi connectivity index (χ3v) is 5.07. The van der Waals surface area contributed by atoms with Gasteiger partial charge in [0.1, 0.15) is 5.75 Å². The highest BCUT2D eigenvalue weighted by molar-refractivity contribution is 7.99. The number of thioether (sulfide) groups is 1. The summed E-state index contributed by atoms with van der Waals surface area (Å²) >= 11 is 1.25. The van der Waals surface area contributed by atoms with E-state index < -0.39 is 0 Å². The molecule has 10 heteroatoms. The molecule has 0 saturated carbocycles. The average Bonchev–Trinajstić information content (AvgIpc) is 3.35. The van der Waals surface area contributed by atoms with Crippen LogP contribution < -0.4 is 10.1 Å². The molecule has 2 heterocycles. The third-order valence-electron chi connectivity index (χ3n) is 4.06. The van der Waals surface area contributed by atoms with Crippen LogP contribution in [0.3, 0.4) is 0 Å². The van der Waals surface area contributed by atoms with E-state index in [1.165, 1.54) is 16.7 Å². The standard InChI is InChI=1S/C19H21N5O4S/c1-23(11-16(25)20-13-6-4-7-14(10-13)27-3)17(26)12-29-19-22-21-18(24(19)2)15-8-5-9-28-15/h4-10H,11-12H2,1-3H3,(H,20,25). The molecule has 0 unspecified atom stereocenters. The number of furan rings is 1. The number of nitrogens with zero attached hydrogens (tertiary/aromatic N) is 4. The molecule has 3 aromatic rings. The number of likely N-dealkylation sites (N-methyl/N-ethyl adjacent to an activating group) is 1. The van der Waals surface area contributed by atoms with Gasteiger partial charge in [0.15, 0.2) is 16.7 Å². The monoisotopic (exact) mass is 415 g/mol. The number of hydrogen-bond donors (Lipinski definition) is 1. The Bertz CT molecular complexity index is 986. The summed E-state index contributed by atoms with van der Waals surface area (Å²) in [4.78, 5) is 25.9. The summed E-state index contributed by atoms with van der Waals surface area (Å²) in [5.41, 5.74) is 0.606. The Morgan fingerprint density at radius 3 is 2.83 bits per heavy atom. The molecule has 0 bridgehead atoms. The topological polar surface area (TPSA) is 102 Å². The van der Waals surface area contributed by atoms with Crippen molar-refractivity contribution in [2.45, 2.75) is 5.16 Å².